The van der Waals surface area contributed by atoms with Crippen molar-refractivity contribution in [3.63, 3.8) is 0 Å². The molecular weight excluding hydrogens is 354 g/mol. The van der Waals surface area contributed by atoms with Gasteiger partial charge in [-0.15, -0.1) is 12.4 Å². The summed E-state index contributed by atoms with van der Waals surface area (Å²) in [6.45, 7) is 2.93. The van der Waals surface area contributed by atoms with Crippen LogP contribution in [-0.2, 0) is 0 Å². The van der Waals surface area contributed by atoms with Crippen LogP contribution in [0.25, 0.3) is 0 Å². The van der Waals surface area contributed by atoms with Crippen molar-refractivity contribution in [2.24, 2.45) is 0 Å². The third-order valence-corrected chi connectivity index (χ3v) is 4.76. The van der Waals surface area contributed by atoms with Crippen LogP contribution in [0.1, 0.15) is 53.3 Å². The van der Waals surface area contributed by atoms with Crippen LogP contribution in [0.15, 0.2) is 15.3 Å². The molecule has 1 aromatic rings. The monoisotopic (exact) mass is 376 g/mol. The lowest BCUT2D eigenvalue weighted by Gasteiger charge is -2.32. The Balaban J connectivity index is 0.00000225. The molecule has 3 heterocycles. The molecule has 1 N–H and O–H groups in total. The van der Waals surface area contributed by atoms with Gasteiger partial charge in [0, 0.05) is 25.4 Å². The van der Waals surface area contributed by atoms with Crippen LogP contribution in [0.2, 0.25) is 0 Å². The number of rotatable bonds is 2. The number of nitrogens with one attached hydrogen (secondary N) is 1. The van der Waals surface area contributed by atoms with Crippen LogP contribution in [0.4, 0.5) is 8.78 Å². The van der Waals surface area contributed by atoms with E-state index in [0.29, 0.717) is 11.3 Å². The van der Waals surface area contributed by atoms with Gasteiger partial charge in [0.2, 0.25) is 0 Å². The van der Waals surface area contributed by atoms with Crippen molar-refractivity contribution in [3.05, 3.63) is 33.4 Å². The zero-order valence-electron chi connectivity index (χ0n) is 14.1. The number of alkyl halides is 2. The first-order valence-electron chi connectivity index (χ1n) is 8.40. The Morgan fingerprint density at radius 2 is 2.16 bits per heavy atom. The number of piperidine rings is 2. The minimum atomic E-state index is -2.89. The Bertz CT molecular complexity index is 687. The molecule has 0 saturated carbocycles. The van der Waals surface area contributed by atoms with E-state index in [1.54, 1.807) is 13.0 Å². The molecule has 5 nitrogen and oxygen atoms in total. The predicted molar refractivity (Wildman–Crippen MR) is 91.9 cm³/mol. The summed E-state index contributed by atoms with van der Waals surface area (Å²) in [4.78, 5) is 25.9. The molecule has 0 radical (unpaired) electrons. The van der Waals surface area contributed by atoms with E-state index in [2.05, 4.69) is 5.32 Å². The first-order valence-corrected chi connectivity index (χ1v) is 8.40. The lowest BCUT2D eigenvalue weighted by Crippen LogP contribution is -2.47. The lowest BCUT2D eigenvalue weighted by atomic mass is 9.95. The summed E-state index contributed by atoms with van der Waals surface area (Å²) in [6, 6.07) is 1.70. The van der Waals surface area contributed by atoms with Crippen LogP contribution in [0, 0.1) is 6.92 Å². The summed E-state index contributed by atoms with van der Waals surface area (Å²) in [6.07, 6.45) is 1.92. The van der Waals surface area contributed by atoms with Gasteiger partial charge in [-0.1, -0.05) is 0 Å². The molecule has 8 heteroatoms. The molecule has 2 aliphatic heterocycles. The molecule has 25 heavy (non-hydrogen) atoms. The van der Waals surface area contributed by atoms with Gasteiger partial charge in [-0.2, -0.15) is 0 Å². The van der Waals surface area contributed by atoms with Gasteiger partial charge < -0.3 is 14.6 Å². The average molecular weight is 377 g/mol. The highest BCUT2D eigenvalue weighted by molar-refractivity contribution is 5.95. The maximum absolute atomic E-state index is 13.5. The summed E-state index contributed by atoms with van der Waals surface area (Å²) in [5.74, 6) is -2.89. The number of nitrogens with zero attached hydrogens (tertiary/aromatic N) is 1. The summed E-state index contributed by atoms with van der Waals surface area (Å²) in [5, 5.41) is 3.25. The van der Waals surface area contributed by atoms with E-state index in [-0.39, 0.29) is 43.3 Å². The van der Waals surface area contributed by atoms with Gasteiger partial charge in [-0.3, -0.25) is 4.79 Å². The van der Waals surface area contributed by atoms with Gasteiger partial charge in [0.1, 0.15) is 11.3 Å². The molecule has 0 aromatic carbocycles. The number of aryl methyl sites for hydroxylation is 1. The maximum atomic E-state index is 13.5. The van der Waals surface area contributed by atoms with E-state index in [1.165, 1.54) is 0 Å². The van der Waals surface area contributed by atoms with Crippen LogP contribution in [-0.4, -0.2) is 42.9 Å². The van der Waals surface area contributed by atoms with E-state index < -0.39 is 24.0 Å². The van der Waals surface area contributed by atoms with Crippen molar-refractivity contribution in [2.75, 3.05) is 26.2 Å². The summed E-state index contributed by atoms with van der Waals surface area (Å²) >= 11 is 0. The topological polar surface area (TPSA) is 62.6 Å². The van der Waals surface area contributed by atoms with Crippen molar-refractivity contribution in [2.45, 2.75) is 44.4 Å². The molecule has 0 spiro atoms. The van der Waals surface area contributed by atoms with Gasteiger partial charge in [0.05, 0.1) is 6.54 Å². The summed E-state index contributed by atoms with van der Waals surface area (Å²) in [5.41, 5.74) is -0.361. The number of amides is 1. The Morgan fingerprint density at radius 3 is 2.76 bits per heavy atom. The van der Waals surface area contributed by atoms with Crippen molar-refractivity contribution >= 4 is 18.3 Å². The lowest BCUT2D eigenvalue weighted by molar-refractivity contribution is -0.0561. The molecule has 2 saturated heterocycles. The Morgan fingerprint density at radius 1 is 1.40 bits per heavy atom. The fraction of sp³-hybridized carbons (Fsp3) is 0.647. The highest BCUT2D eigenvalue weighted by Crippen LogP contribution is 2.28. The first kappa shape index (κ1) is 19.8. The molecule has 1 amide bonds. The van der Waals surface area contributed by atoms with Gasteiger partial charge in [-0.25, -0.2) is 13.6 Å². The van der Waals surface area contributed by atoms with Gasteiger partial charge in [-0.05, 0) is 44.4 Å². The minimum absolute atomic E-state index is 0. The normalized spacial score (nSPS) is 23.0. The largest absolute Gasteiger partial charge is 0.427 e. The molecule has 0 bridgehead atoms. The Labute approximate surface area is 151 Å². The van der Waals surface area contributed by atoms with Crippen molar-refractivity contribution in [1.29, 1.82) is 0 Å². The minimum Gasteiger partial charge on any atom is -0.427 e. The fourth-order valence-electron chi connectivity index (χ4n) is 3.48. The van der Waals surface area contributed by atoms with Gasteiger partial charge in [0.15, 0.2) is 0 Å². The van der Waals surface area contributed by atoms with Crippen molar-refractivity contribution in [3.8, 4) is 0 Å². The molecule has 1 atom stereocenters. The van der Waals surface area contributed by atoms with Gasteiger partial charge in [0.25, 0.3) is 11.8 Å². The van der Waals surface area contributed by atoms with E-state index in [0.717, 1.165) is 30.8 Å². The molecule has 1 aromatic heterocycles. The maximum Gasteiger partial charge on any atom is 0.349 e. The van der Waals surface area contributed by atoms with Gasteiger partial charge >= 0.3 is 5.63 Å². The second kappa shape index (κ2) is 7.83. The fourth-order valence-corrected chi connectivity index (χ4v) is 3.48. The third kappa shape index (κ3) is 4.39. The van der Waals surface area contributed by atoms with E-state index >= 15 is 0 Å². The zero-order valence-corrected chi connectivity index (χ0v) is 15.0. The Kier molecular flexibility index (Phi) is 6.21. The first-order chi connectivity index (χ1) is 11.4. The van der Waals surface area contributed by atoms with Crippen molar-refractivity contribution in [1.82, 2.24) is 10.2 Å². The van der Waals surface area contributed by atoms with Crippen molar-refractivity contribution < 1.29 is 18.0 Å². The van der Waals surface area contributed by atoms with E-state index in [9.17, 15) is 18.4 Å². The predicted octanol–water partition coefficient (Wildman–Crippen LogP) is 2.71. The average Bonchev–Trinajstić information content (AvgIpc) is 2.54. The number of carbonyl (C=O) groups is 1. The summed E-state index contributed by atoms with van der Waals surface area (Å²) < 4.78 is 32.4. The standard InChI is InChI=1S/C17H22F2N2O3.ClH/c1-11-8-13(12-4-2-6-20-9-12)24-16(23)14(11)15(22)21-7-3-5-17(18,19)10-21;/h8,12,20H,2-7,9-10H2,1H3;1H. The number of carbonyl (C=O) groups excluding carboxylic acids is 1. The zero-order chi connectivity index (χ0) is 17.3. The summed E-state index contributed by atoms with van der Waals surface area (Å²) in [7, 11) is 0. The van der Waals surface area contributed by atoms with Crippen LogP contribution >= 0.6 is 12.4 Å². The SMILES string of the molecule is Cc1cc(C2CCCNC2)oc(=O)c1C(=O)N1CCCC(F)(F)C1.Cl. The molecule has 3 rings (SSSR count). The number of hydrogen-bond donors (Lipinski definition) is 1. The van der Waals surface area contributed by atoms with Crippen LogP contribution in [0.3, 0.4) is 0 Å². The van der Waals surface area contributed by atoms with Crippen LogP contribution in [0.5, 0.6) is 0 Å². The van der Waals surface area contributed by atoms with E-state index in [4.69, 9.17) is 4.42 Å². The smallest absolute Gasteiger partial charge is 0.349 e. The molecular formula is C17H23ClF2N2O3. The molecule has 140 valence electrons. The second-order valence-corrected chi connectivity index (χ2v) is 6.72. The third-order valence-electron chi connectivity index (χ3n) is 4.76. The highest BCUT2D eigenvalue weighted by atomic mass is 35.5. The second-order valence-electron chi connectivity index (χ2n) is 6.72. The number of halogens is 3. The van der Waals surface area contributed by atoms with E-state index in [1.807, 2.05) is 0 Å². The molecule has 2 aliphatic rings. The highest BCUT2D eigenvalue weighted by Gasteiger charge is 2.38. The molecule has 1 unspecified atom stereocenters. The quantitative estimate of drug-likeness (QED) is 0.862. The number of likely N-dealkylation sites (tertiary alicyclic amines) is 1. The Hall–Kier alpha value is -1.47. The molecule has 2 fully saturated rings. The van der Waals surface area contributed by atoms with Crippen LogP contribution < -0.4 is 10.9 Å². The molecule has 0 aliphatic carbocycles. The number of hydrogen-bond acceptors (Lipinski definition) is 4.